The minimum atomic E-state index is -0.918. The summed E-state index contributed by atoms with van der Waals surface area (Å²) >= 11 is 0. The Bertz CT molecular complexity index is 475. The van der Waals surface area contributed by atoms with Crippen molar-refractivity contribution in [3.8, 4) is 0 Å². The van der Waals surface area contributed by atoms with Gasteiger partial charge in [-0.25, -0.2) is 0 Å². The molecule has 0 aliphatic carbocycles. The number of hydrogen-bond acceptors (Lipinski definition) is 3. The molecule has 1 aliphatic rings. The van der Waals surface area contributed by atoms with E-state index in [9.17, 15) is 9.59 Å². The van der Waals surface area contributed by atoms with Crippen molar-refractivity contribution in [2.24, 2.45) is 0 Å². The average Bonchev–Trinajstić information content (AvgIpc) is 2.85. The van der Waals surface area contributed by atoms with Gasteiger partial charge in [0.25, 0.3) is 0 Å². The van der Waals surface area contributed by atoms with E-state index in [0.29, 0.717) is 0 Å². The van der Waals surface area contributed by atoms with Crippen LogP contribution in [0.15, 0.2) is 30.3 Å². The molecule has 0 spiro atoms. The molecule has 1 aliphatic heterocycles. The molecule has 0 bridgehead atoms. The van der Waals surface area contributed by atoms with Gasteiger partial charge in [0.2, 0.25) is 5.91 Å². The van der Waals surface area contributed by atoms with Gasteiger partial charge in [-0.05, 0) is 32.0 Å². The Hall–Kier alpha value is -1.88. The molecule has 1 aromatic rings. The van der Waals surface area contributed by atoms with Crippen molar-refractivity contribution in [1.29, 1.82) is 0 Å². The lowest BCUT2D eigenvalue weighted by atomic mass is 10.0. The second kappa shape index (κ2) is 6.52. The summed E-state index contributed by atoms with van der Waals surface area (Å²) in [6, 6.07) is 8.62. The van der Waals surface area contributed by atoms with Gasteiger partial charge >= 0.3 is 5.97 Å². The van der Waals surface area contributed by atoms with Crippen molar-refractivity contribution in [2.75, 3.05) is 13.6 Å². The van der Waals surface area contributed by atoms with Gasteiger partial charge in [-0.1, -0.05) is 30.3 Å². The minimum absolute atomic E-state index is 0.0832. The first-order valence-corrected chi connectivity index (χ1v) is 6.85. The van der Waals surface area contributed by atoms with Crippen LogP contribution < -0.4 is 5.32 Å². The van der Waals surface area contributed by atoms with E-state index in [2.05, 4.69) is 5.32 Å². The normalized spacial score (nSPS) is 20.6. The van der Waals surface area contributed by atoms with E-state index in [1.54, 1.807) is 0 Å². The Morgan fingerprint density at radius 3 is 2.65 bits per heavy atom. The standard InChI is InChI=1S/C15H20N2O3/c1-17-9-5-8-13(17)15(20)16-12(10-14(18)19)11-6-3-2-4-7-11/h2-4,6-7,12-13H,5,8-10H2,1H3,(H,16,20)(H,18,19). The van der Waals surface area contributed by atoms with Crippen LogP contribution in [-0.2, 0) is 9.59 Å². The summed E-state index contributed by atoms with van der Waals surface area (Å²) in [6.07, 6.45) is 1.73. The fraction of sp³-hybridized carbons (Fsp3) is 0.467. The topological polar surface area (TPSA) is 69.6 Å². The van der Waals surface area contributed by atoms with Crippen LogP contribution >= 0.6 is 0 Å². The number of rotatable bonds is 5. The number of hydrogen-bond donors (Lipinski definition) is 2. The molecule has 2 rings (SSSR count). The lowest BCUT2D eigenvalue weighted by Gasteiger charge is -2.23. The van der Waals surface area contributed by atoms with Crippen molar-refractivity contribution < 1.29 is 14.7 Å². The second-order valence-corrected chi connectivity index (χ2v) is 5.21. The molecule has 0 saturated carbocycles. The van der Waals surface area contributed by atoms with E-state index in [0.717, 1.165) is 24.9 Å². The first-order chi connectivity index (χ1) is 9.58. The molecule has 0 radical (unpaired) electrons. The largest absolute Gasteiger partial charge is 0.481 e. The number of aliphatic carboxylic acids is 1. The highest BCUT2D eigenvalue weighted by Gasteiger charge is 2.29. The van der Waals surface area contributed by atoms with E-state index in [-0.39, 0.29) is 18.4 Å². The summed E-state index contributed by atoms with van der Waals surface area (Å²) in [5, 5.41) is 11.9. The molecule has 1 amide bonds. The molecule has 2 unspecified atom stereocenters. The number of likely N-dealkylation sites (N-methyl/N-ethyl adjacent to an activating group) is 1. The van der Waals surface area contributed by atoms with Crippen LogP contribution in [0, 0.1) is 0 Å². The Morgan fingerprint density at radius 2 is 2.10 bits per heavy atom. The number of carboxylic acids is 1. The van der Waals surface area contributed by atoms with E-state index < -0.39 is 12.0 Å². The lowest BCUT2D eigenvalue weighted by Crippen LogP contribution is -2.43. The maximum Gasteiger partial charge on any atom is 0.305 e. The third-order valence-corrected chi connectivity index (χ3v) is 3.72. The average molecular weight is 276 g/mol. The molecule has 5 heteroatoms. The predicted octanol–water partition coefficient (Wildman–Crippen LogP) is 1.41. The molecule has 5 nitrogen and oxygen atoms in total. The number of carbonyl (C=O) groups is 2. The van der Waals surface area contributed by atoms with Crippen LogP contribution in [-0.4, -0.2) is 41.5 Å². The lowest BCUT2D eigenvalue weighted by molar-refractivity contribution is -0.138. The van der Waals surface area contributed by atoms with Crippen LogP contribution in [0.1, 0.15) is 30.9 Å². The summed E-state index contributed by atoms with van der Waals surface area (Å²) in [5.41, 5.74) is 0.823. The van der Waals surface area contributed by atoms with Crippen molar-refractivity contribution in [2.45, 2.75) is 31.3 Å². The van der Waals surface area contributed by atoms with Gasteiger partial charge in [-0.2, -0.15) is 0 Å². The maximum atomic E-state index is 12.3. The summed E-state index contributed by atoms with van der Waals surface area (Å²) in [6.45, 7) is 0.910. The number of nitrogens with one attached hydrogen (secondary N) is 1. The zero-order valence-corrected chi connectivity index (χ0v) is 11.6. The Kier molecular flexibility index (Phi) is 4.74. The number of carboxylic acid groups (broad SMARTS) is 1. The molecule has 1 heterocycles. The molecule has 2 N–H and O–H groups in total. The van der Waals surface area contributed by atoms with Crippen molar-refractivity contribution in [3.05, 3.63) is 35.9 Å². The highest BCUT2D eigenvalue weighted by Crippen LogP contribution is 2.20. The minimum Gasteiger partial charge on any atom is -0.481 e. The molecular formula is C15H20N2O3. The number of carbonyl (C=O) groups excluding carboxylic acids is 1. The number of amides is 1. The van der Waals surface area contributed by atoms with Gasteiger partial charge in [0, 0.05) is 0 Å². The zero-order valence-electron chi connectivity index (χ0n) is 11.6. The predicted molar refractivity (Wildman–Crippen MR) is 75.2 cm³/mol. The SMILES string of the molecule is CN1CCCC1C(=O)NC(CC(=O)O)c1ccccc1. The van der Waals surface area contributed by atoms with Gasteiger partial charge in [-0.15, -0.1) is 0 Å². The highest BCUT2D eigenvalue weighted by atomic mass is 16.4. The maximum absolute atomic E-state index is 12.3. The van der Waals surface area contributed by atoms with Gasteiger partial charge < -0.3 is 10.4 Å². The fourth-order valence-corrected chi connectivity index (χ4v) is 2.62. The summed E-state index contributed by atoms with van der Waals surface area (Å²) in [5.74, 6) is -1.00. The highest BCUT2D eigenvalue weighted by molar-refractivity contribution is 5.83. The quantitative estimate of drug-likeness (QED) is 0.853. The van der Waals surface area contributed by atoms with Gasteiger partial charge in [0.05, 0.1) is 18.5 Å². The van der Waals surface area contributed by atoms with E-state index >= 15 is 0 Å². The van der Waals surface area contributed by atoms with Crippen LogP contribution in [0.25, 0.3) is 0 Å². The van der Waals surface area contributed by atoms with Crippen LogP contribution in [0.3, 0.4) is 0 Å². The van der Waals surface area contributed by atoms with E-state index in [1.165, 1.54) is 0 Å². The third kappa shape index (κ3) is 3.57. The number of nitrogens with zero attached hydrogens (tertiary/aromatic N) is 1. The molecule has 20 heavy (non-hydrogen) atoms. The zero-order chi connectivity index (χ0) is 14.5. The molecule has 0 aromatic heterocycles. The van der Waals surface area contributed by atoms with Crippen LogP contribution in [0.5, 0.6) is 0 Å². The molecule has 1 fully saturated rings. The molecule has 1 aromatic carbocycles. The second-order valence-electron chi connectivity index (χ2n) is 5.21. The smallest absolute Gasteiger partial charge is 0.305 e. The number of likely N-dealkylation sites (tertiary alicyclic amines) is 1. The fourth-order valence-electron chi connectivity index (χ4n) is 2.62. The Morgan fingerprint density at radius 1 is 1.40 bits per heavy atom. The summed E-state index contributed by atoms with van der Waals surface area (Å²) < 4.78 is 0. The molecule has 108 valence electrons. The van der Waals surface area contributed by atoms with Crippen molar-refractivity contribution >= 4 is 11.9 Å². The first-order valence-electron chi connectivity index (χ1n) is 6.85. The van der Waals surface area contributed by atoms with Crippen molar-refractivity contribution in [3.63, 3.8) is 0 Å². The molecular weight excluding hydrogens is 256 g/mol. The monoisotopic (exact) mass is 276 g/mol. The van der Waals surface area contributed by atoms with Crippen LogP contribution in [0.2, 0.25) is 0 Å². The summed E-state index contributed by atoms with van der Waals surface area (Å²) in [7, 11) is 1.92. The van der Waals surface area contributed by atoms with Crippen LogP contribution in [0.4, 0.5) is 0 Å². The Balaban J connectivity index is 2.08. The molecule has 1 saturated heterocycles. The van der Waals surface area contributed by atoms with E-state index in [1.807, 2.05) is 42.3 Å². The summed E-state index contributed by atoms with van der Waals surface area (Å²) in [4.78, 5) is 25.3. The number of benzene rings is 1. The van der Waals surface area contributed by atoms with Gasteiger partial charge in [-0.3, -0.25) is 14.5 Å². The van der Waals surface area contributed by atoms with E-state index in [4.69, 9.17) is 5.11 Å². The third-order valence-electron chi connectivity index (χ3n) is 3.72. The van der Waals surface area contributed by atoms with Gasteiger partial charge in [0.1, 0.15) is 0 Å². The van der Waals surface area contributed by atoms with Gasteiger partial charge in [0.15, 0.2) is 0 Å². The van der Waals surface area contributed by atoms with Crippen molar-refractivity contribution in [1.82, 2.24) is 10.2 Å². The first kappa shape index (κ1) is 14.5. The molecule has 2 atom stereocenters. The Labute approximate surface area is 118 Å².